The van der Waals surface area contributed by atoms with Gasteiger partial charge >= 0.3 is 5.97 Å². The SMILES string of the molecule is CO[C@@H]1O[C@@H](C)[C@H](O[C@@H]2O[C@H](C)[C@@H](OC(=O)Cc3ccccc3C#N)[C@H](OCc3ccccc3)[C@@H]2OCc2ccccc2)[C@H]2OC(C)(C)O[C@@H]12. The number of nitriles is 1. The van der Waals surface area contributed by atoms with Crippen LogP contribution in [-0.2, 0) is 67.1 Å². The van der Waals surface area contributed by atoms with Crippen LogP contribution in [0, 0.1) is 11.3 Å². The molecule has 0 bridgehead atoms. The Balaban J connectivity index is 1.30. The van der Waals surface area contributed by atoms with Gasteiger partial charge in [-0.3, -0.25) is 4.79 Å². The van der Waals surface area contributed by atoms with Crippen molar-refractivity contribution in [2.24, 2.45) is 0 Å². The third-order valence-electron chi connectivity index (χ3n) is 9.13. The number of nitrogens with zero attached hydrogens (tertiary/aromatic N) is 1. The second-order valence-corrected chi connectivity index (χ2v) is 13.2. The number of carbonyl (C=O) groups is 1. The quantitative estimate of drug-likeness (QED) is 0.233. The van der Waals surface area contributed by atoms with Crippen LogP contribution >= 0.6 is 0 Å². The van der Waals surface area contributed by atoms with Crippen molar-refractivity contribution in [1.82, 2.24) is 0 Å². The predicted molar refractivity (Wildman–Crippen MR) is 179 cm³/mol. The molecule has 0 aromatic heterocycles. The Kier molecular flexibility index (Phi) is 11.6. The summed E-state index contributed by atoms with van der Waals surface area (Å²) in [4.78, 5) is 13.5. The van der Waals surface area contributed by atoms with E-state index in [4.69, 9.17) is 42.6 Å². The van der Waals surface area contributed by atoms with Gasteiger partial charge in [-0.1, -0.05) is 78.9 Å². The maximum Gasteiger partial charge on any atom is 0.310 e. The normalized spacial score (nSPS) is 31.8. The fraction of sp³-hybridized carbons (Fsp3) is 0.487. The Hall–Kier alpha value is -3.70. The first-order valence-electron chi connectivity index (χ1n) is 17.0. The highest BCUT2D eigenvalue weighted by atomic mass is 16.8. The zero-order valence-electron chi connectivity index (χ0n) is 29.0. The third kappa shape index (κ3) is 8.42. The molecular weight excluding hydrogens is 642 g/mol. The largest absolute Gasteiger partial charge is 0.456 e. The van der Waals surface area contributed by atoms with Gasteiger partial charge in [-0.2, -0.15) is 5.26 Å². The van der Waals surface area contributed by atoms with Crippen LogP contribution in [0.4, 0.5) is 0 Å². The van der Waals surface area contributed by atoms with Gasteiger partial charge in [0.2, 0.25) is 0 Å². The molecule has 10 atom stereocenters. The van der Waals surface area contributed by atoms with Crippen LogP contribution in [0.2, 0.25) is 0 Å². The monoisotopic (exact) mass is 687 g/mol. The van der Waals surface area contributed by atoms with Crippen LogP contribution in [0.15, 0.2) is 84.9 Å². The van der Waals surface area contributed by atoms with E-state index in [1.54, 1.807) is 31.4 Å². The van der Waals surface area contributed by atoms with Gasteiger partial charge in [0.25, 0.3) is 0 Å². The van der Waals surface area contributed by atoms with E-state index in [0.717, 1.165) is 11.1 Å². The molecule has 0 unspecified atom stereocenters. The molecule has 3 aromatic carbocycles. The second kappa shape index (κ2) is 16.1. The summed E-state index contributed by atoms with van der Waals surface area (Å²) in [6.45, 7) is 7.81. The van der Waals surface area contributed by atoms with Gasteiger partial charge in [0.05, 0.1) is 43.5 Å². The molecule has 0 N–H and O–H groups in total. The molecule has 266 valence electrons. The van der Waals surface area contributed by atoms with Crippen LogP contribution in [0.5, 0.6) is 0 Å². The molecule has 0 aliphatic carbocycles. The maximum absolute atomic E-state index is 13.5. The third-order valence-corrected chi connectivity index (χ3v) is 9.13. The summed E-state index contributed by atoms with van der Waals surface area (Å²) in [5.74, 6) is -1.42. The summed E-state index contributed by atoms with van der Waals surface area (Å²) < 4.78 is 57.1. The molecule has 0 spiro atoms. The lowest BCUT2D eigenvalue weighted by Crippen LogP contribution is -2.64. The average molecular weight is 688 g/mol. The molecule has 0 saturated carbocycles. The summed E-state index contributed by atoms with van der Waals surface area (Å²) in [7, 11) is 1.57. The standard InChI is InChI=1S/C39H45NO10/c1-24-31(47-30(41)20-28-18-12-13-19-29(28)21-40)33(43-22-26-14-8-6-9-15-26)35(44-23-27-16-10-7-11-17-27)38(46-24)48-32-25(2)45-37(42-5)36-34(32)49-39(3,4)50-36/h6-19,24-25,31-38H,20,22-23H2,1-5H3/t24-,25+,31-,32+,33+,34-,35+,36-,37-,38+/m1/s1. The number of esters is 1. The molecule has 3 aliphatic rings. The summed E-state index contributed by atoms with van der Waals surface area (Å²) >= 11 is 0. The van der Waals surface area contributed by atoms with Crippen LogP contribution in [0.25, 0.3) is 0 Å². The van der Waals surface area contributed by atoms with E-state index < -0.39 is 73.2 Å². The van der Waals surface area contributed by atoms with E-state index in [-0.39, 0.29) is 19.6 Å². The molecule has 3 aromatic rings. The molecule has 3 saturated heterocycles. The van der Waals surface area contributed by atoms with Gasteiger partial charge < -0.3 is 42.6 Å². The van der Waals surface area contributed by atoms with Gasteiger partial charge in [-0.15, -0.1) is 0 Å². The van der Waals surface area contributed by atoms with E-state index in [2.05, 4.69) is 6.07 Å². The summed E-state index contributed by atoms with van der Waals surface area (Å²) in [6.07, 6.45) is -7.13. The summed E-state index contributed by atoms with van der Waals surface area (Å²) in [5, 5.41) is 9.59. The van der Waals surface area contributed by atoms with Crippen LogP contribution in [0.1, 0.15) is 49.9 Å². The Labute approximate surface area is 293 Å². The lowest BCUT2D eigenvalue weighted by Gasteiger charge is -2.47. The minimum Gasteiger partial charge on any atom is -0.456 e. The van der Waals surface area contributed by atoms with Crippen molar-refractivity contribution in [2.45, 2.75) is 115 Å². The Morgan fingerprint density at radius 3 is 1.94 bits per heavy atom. The number of methoxy groups -OCH3 is 1. The molecule has 50 heavy (non-hydrogen) atoms. The van der Waals surface area contributed by atoms with Crippen LogP contribution in [-0.4, -0.2) is 80.3 Å². The van der Waals surface area contributed by atoms with Gasteiger partial charge in [-0.25, -0.2) is 0 Å². The number of rotatable bonds is 12. The molecule has 3 fully saturated rings. The highest BCUT2D eigenvalue weighted by Crippen LogP contribution is 2.41. The molecule has 11 nitrogen and oxygen atoms in total. The highest BCUT2D eigenvalue weighted by molar-refractivity contribution is 5.73. The number of benzene rings is 3. The molecule has 0 amide bonds. The molecule has 6 rings (SSSR count). The van der Waals surface area contributed by atoms with E-state index >= 15 is 0 Å². The van der Waals surface area contributed by atoms with Crippen molar-refractivity contribution >= 4 is 5.97 Å². The lowest BCUT2D eigenvalue weighted by atomic mass is 9.96. The first-order valence-corrected chi connectivity index (χ1v) is 17.0. The fourth-order valence-corrected chi connectivity index (χ4v) is 6.72. The Bertz CT molecular complexity index is 1600. The van der Waals surface area contributed by atoms with E-state index in [0.29, 0.717) is 11.1 Å². The van der Waals surface area contributed by atoms with Gasteiger partial charge in [0.1, 0.15) is 30.5 Å². The Morgan fingerprint density at radius 2 is 1.30 bits per heavy atom. The minimum atomic E-state index is -0.980. The second-order valence-electron chi connectivity index (χ2n) is 13.2. The van der Waals surface area contributed by atoms with E-state index in [1.165, 1.54) is 0 Å². The topological polar surface area (TPSA) is 124 Å². The zero-order valence-corrected chi connectivity index (χ0v) is 29.0. The van der Waals surface area contributed by atoms with Crippen molar-refractivity contribution in [3.8, 4) is 6.07 Å². The smallest absolute Gasteiger partial charge is 0.310 e. The van der Waals surface area contributed by atoms with Crippen molar-refractivity contribution in [1.29, 1.82) is 5.26 Å². The van der Waals surface area contributed by atoms with E-state index in [9.17, 15) is 10.1 Å². The zero-order chi connectivity index (χ0) is 35.3. The predicted octanol–water partition coefficient (Wildman–Crippen LogP) is 5.22. The van der Waals surface area contributed by atoms with E-state index in [1.807, 2.05) is 88.4 Å². The highest BCUT2D eigenvalue weighted by Gasteiger charge is 2.57. The van der Waals surface area contributed by atoms with Crippen molar-refractivity contribution in [2.75, 3.05) is 7.11 Å². The first kappa shape index (κ1) is 36.1. The van der Waals surface area contributed by atoms with Gasteiger partial charge in [0, 0.05) is 7.11 Å². The maximum atomic E-state index is 13.5. The number of fused-ring (bicyclic) bond motifs is 1. The molecular formula is C39H45NO10. The van der Waals surface area contributed by atoms with Crippen LogP contribution < -0.4 is 0 Å². The van der Waals surface area contributed by atoms with Crippen LogP contribution in [0.3, 0.4) is 0 Å². The lowest BCUT2D eigenvalue weighted by molar-refractivity contribution is -0.351. The van der Waals surface area contributed by atoms with Crippen molar-refractivity contribution < 1.29 is 47.4 Å². The fourth-order valence-electron chi connectivity index (χ4n) is 6.72. The Morgan fingerprint density at radius 1 is 0.740 bits per heavy atom. The number of hydrogen-bond donors (Lipinski definition) is 0. The number of carbonyl (C=O) groups excluding carboxylic acids is 1. The summed E-state index contributed by atoms with van der Waals surface area (Å²) in [6, 6.07) is 28.6. The van der Waals surface area contributed by atoms with Gasteiger partial charge in [0.15, 0.2) is 24.5 Å². The number of hydrogen-bond acceptors (Lipinski definition) is 11. The molecule has 11 heteroatoms. The molecule has 3 heterocycles. The van der Waals surface area contributed by atoms with Crippen molar-refractivity contribution in [3.63, 3.8) is 0 Å². The first-order chi connectivity index (χ1) is 24.2. The molecule has 3 aliphatic heterocycles. The summed E-state index contributed by atoms with van der Waals surface area (Å²) in [5.41, 5.74) is 2.84. The average Bonchev–Trinajstić information content (AvgIpc) is 3.45. The van der Waals surface area contributed by atoms with Crippen molar-refractivity contribution in [3.05, 3.63) is 107 Å². The molecule has 0 radical (unpaired) electrons. The minimum absolute atomic E-state index is 0.0956. The van der Waals surface area contributed by atoms with Gasteiger partial charge in [-0.05, 0) is 50.5 Å². The number of ether oxygens (including phenoxy) is 9.